The second kappa shape index (κ2) is 11.2. The van der Waals surface area contributed by atoms with Crippen LogP contribution in [0.15, 0.2) is 53.9 Å². The minimum Gasteiger partial charge on any atom is -0.511 e. The molecule has 0 spiro atoms. The quantitative estimate of drug-likeness (QED) is 0.278. The van der Waals surface area contributed by atoms with Gasteiger partial charge in [0.15, 0.2) is 5.78 Å². The second-order valence-corrected chi connectivity index (χ2v) is 12.0. The maximum absolute atomic E-state index is 12.4. The van der Waals surface area contributed by atoms with Gasteiger partial charge in [0.25, 0.3) is 0 Å². The summed E-state index contributed by atoms with van der Waals surface area (Å²) in [6.07, 6.45) is 7.05. The van der Waals surface area contributed by atoms with E-state index in [-0.39, 0.29) is 36.7 Å². The van der Waals surface area contributed by atoms with Crippen molar-refractivity contribution >= 4 is 16.6 Å². The number of carbonyl (C=O) groups excluding carboxylic acids is 1. The van der Waals surface area contributed by atoms with Gasteiger partial charge in [-0.2, -0.15) is 0 Å². The first-order valence-corrected chi connectivity index (χ1v) is 13.3. The van der Waals surface area contributed by atoms with Crippen LogP contribution in [0.1, 0.15) is 77.0 Å². The Labute approximate surface area is 236 Å². The number of hydrogen-bond donors (Lipinski definition) is 1. The minimum atomic E-state index is -0.284. The fourth-order valence-electron chi connectivity index (χ4n) is 5.54. The average molecular weight is 675 g/mol. The normalized spacial score (nSPS) is 20.0. The van der Waals surface area contributed by atoms with E-state index in [0.29, 0.717) is 11.7 Å². The first-order valence-electron chi connectivity index (χ1n) is 13.3. The molecule has 2 aliphatic carbocycles. The van der Waals surface area contributed by atoms with Gasteiger partial charge in [0.1, 0.15) is 5.76 Å². The molecule has 1 fully saturated rings. The Balaban J connectivity index is 0.000000205. The van der Waals surface area contributed by atoms with E-state index in [1.165, 1.54) is 21.9 Å². The molecule has 0 aliphatic heterocycles. The summed E-state index contributed by atoms with van der Waals surface area (Å²) in [5.74, 6) is 0.851. The van der Waals surface area contributed by atoms with Gasteiger partial charge in [-0.25, -0.2) is 0 Å². The predicted molar refractivity (Wildman–Crippen MR) is 149 cm³/mol. The Hall–Kier alpha value is -2.29. The first-order chi connectivity index (χ1) is 16.9. The van der Waals surface area contributed by atoms with E-state index in [9.17, 15) is 9.90 Å². The number of aliphatic hydroxyl groups excluding tert-OH is 1. The molecule has 2 aliphatic rings. The fourth-order valence-corrected chi connectivity index (χ4v) is 5.54. The number of aryl methyl sites for hydroxylation is 3. The third kappa shape index (κ3) is 6.24. The van der Waals surface area contributed by atoms with E-state index in [1.54, 1.807) is 0 Å². The number of carbonyl (C=O) groups is 1. The molecule has 0 bridgehead atoms. The van der Waals surface area contributed by atoms with Crippen LogP contribution in [0.3, 0.4) is 0 Å². The van der Waals surface area contributed by atoms with Crippen molar-refractivity contribution in [1.29, 1.82) is 0 Å². The van der Waals surface area contributed by atoms with E-state index in [2.05, 4.69) is 68.2 Å². The van der Waals surface area contributed by atoms with Crippen molar-refractivity contribution in [3.05, 3.63) is 76.7 Å². The summed E-state index contributed by atoms with van der Waals surface area (Å²) in [5, 5.41) is 12.7. The molecule has 0 saturated heterocycles. The van der Waals surface area contributed by atoms with Gasteiger partial charge >= 0.3 is 0 Å². The topological polar surface area (TPSA) is 50.2 Å². The van der Waals surface area contributed by atoms with Crippen molar-refractivity contribution in [2.45, 2.75) is 80.6 Å². The molecule has 5 rings (SSSR count). The molecule has 0 amide bonds. The van der Waals surface area contributed by atoms with Crippen molar-refractivity contribution in [1.82, 2.24) is 4.98 Å². The Kier molecular flexibility index (Phi) is 8.87. The molecular weight excluding hydrogens is 635 g/mol. The van der Waals surface area contributed by atoms with E-state index in [0.717, 1.165) is 54.5 Å². The summed E-state index contributed by atoms with van der Waals surface area (Å²) >= 11 is 0. The molecule has 1 heterocycles. The maximum Gasteiger partial charge on any atom is 0.168 e. The van der Waals surface area contributed by atoms with Gasteiger partial charge in [0.05, 0.1) is 0 Å². The standard InChI is InChI=1S/C19H18N.C14H22O2.Ir/c1-4-15-5-6-16-12-20-19(11-17(16)10-15)18-8-13(2)7-14(3)9-18;1-13(2)7-5-9-6-8-14(3,4)12(16)10(9)11(13)15;/h5-8,10-12H,4H2,1-3H3;9,15H,5-8H2,1-4H3;/q-1;;. The number of pyridine rings is 1. The van der Waals surface area contributed by atoms with Crippen molar-refractivity contribution in [3.8, 4) is 11.3 Å². The number of aromatic nitrogens is 1. The van der Waals surface area contributed by atoms with Gasteiger partial charge in [-0.1, -0.05) is 72.7 Å². The molecule has 1 atom stereocenters. The summed E-state index contributed by atoms with van der Waals surface area (Å²) in [7, 11) is 0. The largest absolute Gasteiger partial charge is 0.511 e. The Morgan fingerprint density at radius 3 is 2.30 bits per heavy atom. The molecule has 37 heavy (non-hydrogen) atoms. The van der Waals surface area contributed by atoms with Gasteiger partial charge in [-0.15, -0.1) is 34.9 Å². The van der Waals surface area contributed by atoms with Crippen molar-refractivity contribution in [2.24, 2.45) is 16.7 Å². The van der Waals surface area contributed by atoms with E-state index in [1.807, 2.05) is 33.9 Å². The zero-order valence-corrected chi connectivity index (χ0v) is 25.7. The molecule has 3 aromatic rings. The Bertz CT molecular complexity index is 1320. The van der Waals surface area contributed by atoms with Crippen LogP contribution in [0.25, 0.3) is 22.0 Å². The predicted octanol–water partition coefficient (Wildman–Crippen LogP) is 8.50. The van der Waals surface area contributed by atoms with Crippen LogP contribution in [-0.4, -0.2) is 15.9 Å². The minimum absolute atomic E-state index is 0. The maximum atomic E-state index is 12.4. The van der Waals surface area contributed by atoms with Crippen LogP contribution in [0.4, 0.5) is 0 Å². The third-order valence-electron chi connectivity index (χ3n) is 8.02. The van der Waals surface area contributed by atoms with E-state index >= 15 is 0 Å². The Morgan fingerprint density at radius 2 is 1.65 bits per heavy atom. The molecule has 199 valence electrons. The molecule has 1 N–H and O–H groups in total. The van der Waals surface area contributed by atoms with Crippen LogP contribution in [0, 0.1) is 36.7 Å². The van der Waals surface area contributed by atoms with Crippen LogP contribution in [-0.2, 0) is 31.3 Å². The number of Topliss-reactive ketones (excluding diaryl/α,β-unsaturated/α-hetero) is 1. The van der Waals surface area contributed by atoms with Gasteiger partial charge in [-0.05, 0) is 60.1 Å². The van der Waals surface area contributed by atoms with Gasteiger partial charge in [-0.3, -0.25) is 4.79 Å². The van der Waals surface area contributed by atoms with Crippen molar-refractivity contribution in [2.75, 3.05) is 0 Å². The summed E-state index contributed by atoms with van der Waals surface area (Å²) in [6.45, 7) is 14.4. The number of hydrogen-bond acceptors (Lipinski definition) is 3. The van der Waals surface area contributed by atoms with Gasteiger partial charge in [0, 0.05) is 42.7 Å². The van der Waals surface area contributed by atoms with Crippen LogP contribution < -0.4 is 0 Å². The number of ketones is 1. The molecule has 1 radical (unpaired) electrons. The average Bonchev–Trinajstić information content (AvgIpc) is 2.83. The molecule has 2 aromatic carbocycles. The molecule has 1 aromatic heterocycles. The van der Waals surface area contributed by atoms with Gasteiger partial charge < -0.3 is 10.1 Å². The van der Waals surface area contributed by atoms with Crippen LogP contribution >= 0.6 is 0 Å². The monoisotopic (exact) mass is 675 g/mol. The summed E-state index contributed by atoms with van der Waals surface area (Å²) < 4.78 is 0. The second-order valence-electron chi connectivity index (χ2n) is 12.0. The molecule has 3 nitrogen and oxygen atoms in total. The molecule has 4 heteroatoms. The summed E-state index contributed by atoms with van der Waals surface area (Å²) in [6, 6.07) is 16.4. The zero-order valence-electron chi connectivity index (χ0n) is 23.3. The number of fused-ring (bicyclic) bond motifs is 2. The number of nitrogens with zero attached hydrogens (tertiary/aromatic N) is 1. The van der Waals surface area contributed by atoms with E-state index in [4.69, 9.17) is 0 Å². The summed E-state index contributed by atoms with van der Waals surface area (Å²) in [5.41, 5.74) is 6.09. The molecule has 1 unspecified atom stereocenters. The smallest absolute Gasteiger partial charge is 0.168 e. The third-order valence-corrected chi connectivity index (χ3v) is 8.02. The summed E-state index contributed by atoms with van der Waals surface area (Å²) in [4.78, 5) is 16.9. The number of aliphatic hydroxyl groups is 1. The number of allylic oxidation sites excluding steroid dienone is 2. The van der Waals surface area contributed by atoms with Crippen LogP contribution in [0.2, 0.25) is 0 Å². The van der Waals surface area contributed by atoms with Crippen molar-refractivity contribution < 1.29 is 30.0 Å². The molecule has 1 saturated carbocycles. The number of benzene rings is 2. The Morgan fingerprint density at radius 1 is 0.973 bits per heavy atom. The van der Waals surface area contributed by atoms with Gasteiger partial charge in [0.2, 0.25) is 0 Å². The van der Waals surface area contributed by atoms with E-state index < -0.39 is 0 Å². The SMILES string of the molecule is CC1(C)CCC2CCC(C)(C)C(O)=C2C1=O.CCc1ccc2cnc(-c3[c-]c(C)cc(C)c3)cc2c1.[Ir]. The molecular formula is C33H40IrNO2-. The van der Waals surface area contributed by atoms with Crippen LogP contribution in [0.5, 0.6) is 0 Å². The zero-order chi connectivity index (χ0) is 26.3. The first kappa shape index (κ1) is 29.3. The number of rotatable bonds is 2. The fraction of sp³-hybridized carbons (Fsp3) is 0.455. The van der Waals surface area contributed by atoms with Crippen molar-refractivity contribution in [3.63, 3.8) is 0 Å².